The van der Waals surface area contributed by atoms with E-state index in [0.29, 0.717) is 16.0 Å². The third kappa shape index (κ3) is 3.21. The number of hydrogen-bond donors (Lipinski definition) is 3. The quantitative estimate of drug-likeness (QED) is 0.427. The van der Waals surface area contributed by atoms with Gasteiger partial charge in [0.15, 0.2) is 0 Å². The first-order valence-corrected chi connectivity index (χ1v) is 9.04. The van der Waals surface area contributed by atoms with Gasteiger partial charge in [0.2, 0.25) is 0 Å². The van der Waals surface area contributed by atoms with Gasteiger partial charge in [-0.3, -0.25) is 10.4 Å². The minimum Gasteiger partial charge on any atom is -0.507 e. The van der Waals surface area contributed by atoms with Crippen LogP contribution in [0, 0.1) is 5.41 Å². The number of phenolic OH excluding ortho intramolecular Hbond substituents is 1. The molecule has 0 fully saturated rings. The molecule has 0 amide bonds. The fraction of sp³-hybridized carbons (Fsp3) is 0.100. The molecule has 2 heterocycles. The van der Waals surface area contributed by atoms with Crippen molar-refractivity contribution < 1.29 is 14.6 Å². The lowest BCUT2D eigenvalue weighted by Crippen LogP contribution is -2.22. The highest BCUT2D eigenvalue weighted by Gasteiger charge is 2.31. The molecule has 1 aliphatic rings. The topological polar surface area (TPSA) is 101 Å². The zero-order chi connectivity index (χ0) is 19.0. The van der Waals surface area contributed by atoms with E-state index in [9.17, 15) is 5.11 Å². The zero-order valence-electron chi connectivity index (χ0n) is 14.1. The Balaban J connectivity index is 1.85. The lowest BCUT2D eigenvalue weighted by molar-refractivity contribution is 0.273. The molecule has 1 atom stereocenters. The number of hydrogen-bond acceptors (Lipinski definition) is 5. The van der Waals surface area contributed by atoms with Crippen molar-refractivity contribution >= 4 is 22.0 Å². The molecule has 1 aromatic heterocycles. The van der Waals surface area contributed by atoms with Crippen molar-refractivity contribution in [2.75, 3.05) is 6.61 Å². The maximum absolute atomic E-state index is 10.1. The van der Waals surface area contributed by atoms with Crippen molar-refractivity contribution in [3.05, 3.63) is 70.5 Å². The van der Waals surface area contributed by atoms with Gasteiger partial charge in [0.05, 0.1) is 10.4 Å². The number of nitrogens with zero attached hydrogens (tertiary/aromatic N) is 1. The number of fused-ring (bicyclic) bond motifs is 2. The highest BCUT2D eigenvalue weighted by molar-refractivity contribution is 9.10. The highest BCUT2D eigenvalue weighted by atomic mass is 79.9. The summed E-state index contributed by atoms with van der Waals surface area (Å²) in [7, 11) is 0. The Bertz CT molecular complexity index is 1020. The summed E-state index contributed by atoms with van der Waals surface area (Å²) in [5, 5.41) is 17.5. The molecule has 0 radical (unpaired) electrons. The molecule has 0 spiro atoms. The summed E-state index contributed by atoms with van der Waals surface area (Å²) in [6.45, 7) is 0.150. The molecule has 27 heavy (non-hydrogen) atoms. The lowest BCUT2D eigenvalue weighted by atomic mass is 9.86. The van der Waals surface area contributed by atoms with Crippen LogP contribution in [0.3, 0.4) is 0 Å². The van der Waals surface area contributed by atoms with Crippen LogP contribution in [0.1, 0.15) is 17.0 Å². The number of aromatic nitrogens is 1. The van der Waals surface area contributed by atoms with Gasteiger partial charge in [-0.15, -0.1) is 0 Å². The van der Waals surface area contributed by atoms with Gasteiger partial charge in [0, 0.05) is 29.1 Å². The average molecular weight is 426 g/mol. The van der Waals surface area contributed by atoms with Crippen LogP contribution in [0.5, 0.6) is 17.2 Å². The number of halogens is 1. The van der Waals surface area contributed by atoms with Gasteiger partial charge < -0.3 is 20.3 Å². The van der Waals surface area contributed by atoms with Gasteiger partial charge in [0.1, 0.15) is 23.9 Å². The Kier molecular flexibility index (Phi) is 4.45. The van der Waals surface area contributed by atoms with Crippen molar-refractivity contribution in [3.8, 4) is 28.4 Å². The fourth-order valence-corrected chi connectivity index (χ4v) is 3.83. The minimum atomic E-state index is -0.357. The van der Waals surface area contributed by atoms with Crippen LogP contribution in [-0.2, 0) is 4.74 Å². The Morgan fingerprint density at radius 2 is 2.04 bits per heavy atom. The minimum absolute atomic E-state index is 0.108. The smallest absolute Gasteiger partial charge is 0.279 e. The zero-order valence-corrected chi connectivity index (χ0v) is 15.7. The van der Waals surface area contributed by atoms with E-state index in [1.54, 1.807) is 24.5 Å². The molecular formula is C20H16BrN3O3. The summed E-state index contributed by atoms with van der Waals surface area (Å²) in [6, 6.07) is 12.7. The Morgan fingerprint density at radius 1 is 1.22 bits per heavy atom. The monoisotopic (exact) mass is 425 g/mol. The third-order valence-electron chi connectivity index (χ3n) is 4.47. The number of nitrogens with one attached hydrogen (secondary N) is 1. The van der Waals surface area contributed by atoms with Crippen LogP contribution in [0.15, 0.2) is 59.3 Å². The van der Waals surface area contributed by atoms with E-state index in [0.717, 1.165) is 22.3 Å². The molecule has 0 saturated carbocycles. The number of nitrogens with two attached hydrogens (primary N) is 1. The molecule has 1 unspecified atom stereocenters. The predicted octanol–water partition coefficient (Wildman–Crippen LogP) is 4.36. The van der Waals surface area contributed by atoms with Crippen LogP contribution >= 0.6 is 15.9 Å². The van der Waals surface area contributed by atoms with Crippen LogP contribution in [-0.4, -0.2) is 22.7 Å². The molecule has 4 N–H and O–H groups in total. The first-order valence-electron chi connectivity index (χ1n) is 8.25. The van der Waals surface area contributed by atoms with Crippen LogP contribution in [0.2, 0.25) is 0 Å². The summed E-state index contributed by atoms with van der Waals surface area (Å²) in [5.74, 6) is 1.16. The van der Waals surface area contributed by atoms with E-state index < -0.39 is 0 Å². The molecule has 0 bridgehead atoms. The summed E-state index contributed by atoms with van der Waals surface area (Å²) in [6.07, 6.45) is 3.52. The van der Waals surface area contributed by atoms with Gasteiger partial charge in [-0.25, -0.2) is 0 Å². The van der Waals surface area contributed by atoms with Crippen LogP contribution in [0.4, 0.5) is 0 Å². The number of pyridine rings is 1. The van der Waals surface area contributed by atoms with Crippen molar-refractivity contribution in [1.82, 2.24) is 4.98 Å². The maximum atomic E-state index is 10.1. The van der Waals surface area contributed by atoms with E-state index in [1.807, 2.05) is 30.3 Å². The fourth-order valence-electron chi connectivity index (χ4n) is 3.22. The standard InChI is InChI=1S/C20H16BrN3O3/c21-19-15(25)4-6-17-18(19)14(10-26-20(22)23)13-8-11(3-5-16(13)27-17)12-2-1-7-24-9-12/h1-9,14,25H,10H2,(H3,22,23). The molecule has 4 rings (SSSR count). The van der Waals surface area contributed by atoms with Crippen molar-refractivity contribution in [3.63, 3.8) is 0 Å². The molecule has 6 nitrogen and oxygen atoms in total. The Morgan fingerprint density at radius 3 is 2.78 bits per heavy atom. The number of aromatic hydroxyl groups is 1. The van der Waals surface area contributed by atoms with Gasteiger partial charge >= 0.3 is 0 Å². The first kappa shape index (κ1) is 17.4. The molecule has 136 valence electrons. The lowest BCUT2D eigenvalue weighted by Gasteiger charge is -2.29. The predicted molar refractivity (Wildman–Crippen MR) is 105 cm³/mol. The number of amidine groups is 1. The van der Waals surface area contributed by atoms with Crippen molar-refractivity contribution in [2.24, 2.45) is 5.73 Å². The van der Waals surface area contributed by atoms with Crippen molar-refractivity contribution in [2.45, 2.75) is 5.92 Å². The molecule has 7 heteroatoms. The van der Waals surface area contributed by atoms with E-state index in [2.05, 4.69) is 20.9 Å². The molecule has 2 aromatic carbocycles. The van der Waals surface area contributed by atoms with E-state index in [1.165, 1.54) is 0 Å². The van der Waals surface area contributed by atoms with Gasteiger partial charge in [0.25, 0.3) is 6.02 Å². The second kappa shape index (κ2) is 6.92. The first-order chi connectivity index (χ1) is 13.0. The summed E-state index contributed by atoms with van der Waals surface area (Å²) >= 11 is 3.45. The number of benzene rings is 2. The highest BCUT2D eigenvalue weighted by Crippen LogP contribution is 2.50. The van der Waals surface area contributed by atoms with E-state index in [4.69, 9.17) is 20.6 Å². The van der Waals surface area contributed by atoms with Gasteiger partial charge in [-0.1, -0.05) is 12.1 Å². The Hall–Kier alpha value is -3.06. The maximum Gasteiger partial charge on any atom is 0.279 e. The second-order valence-electron chi connectivity index (χ2n) is 6.13. The van der Waals surface area contributed by atoms with Crippen molar-refractivity contribution in [1.29, 1.82) is 5.41 Å². The number of phenols is 1. The normalized spacial score (nSPS) is 14.6. The van der Waals surface area contributed by atoms with Gasteiger partial charge in [-0.2, -0.15) is 0 Å². The molecule has 1 aliphatic heterocycles. The summed E-state index contributed by atoms with van der Waals surface area (Å²) in [4.78, 5) is 4.17. The molecule has 3 aromatic rings. The average Bonchev–Trinajstić information content (AvgIpc) is 2.68. The van der Waals surface area contributed by atoms with E-state index >= 15 is 0 Å². The molecule has 0 aliphatic carbocycles. The third-order valence-corrected chi connectivity index (χ3v) is 5.31. The molecule has 0 saturated heterocycles. The number of rotatable bonds is 3. The summed E-state index contributed by atoms with van der Waals surface area (Å²) in [5.41, 5.74) is 9.00. The SMILES string of the molecule is N=C(N)OCC1c2cc(-c3cccnc3)ccc2Oc2ccc(O)c(Br)c21. The van der Waals surface area contributed by atoms with Crippen LogP contribution in [0.25, 0.3) is 11.1 Å². The number of ether oxygens (including phenoxy) is 2. The second-order valence-corrected chi connectivity index (χ2v) is 6.93. The Labute approximate surface area is 164 Å². The van der Waals surface area contributed by atoms with Crippen LogP contribution < -0.4 is 10.5 Å². The largest absolute Gasteiger partial charge is 0.507 e. The molecular weight excluding hydrogens is 410 g/mol. The van der Waals surface area contributed by atoms with E-state index in [-0.39, 0.29) is 24.3 Å². The summed E-state index contributed by atoms with van der Waals surface area (Å²) < 4.78 is 11.9. The van der Waals surface area contributed by atoms with Gasteiger partial charge in [-0.05, 0) is 51.8 Å².